The van der Waals surface area contributed by atoms with Crippen molar-refractivity contribution in [1.29, 1.82) is 0 Å². The smallest absolute Gasteiger partial charge is 0.0584 e. The maximum atomic E-state index is 5.29. The van der Waals surface area contributed by atoms with Gasteiger partial charge in [-0.05, 0) is 12.3 Å². The molecule has 1 aliphatic rings. The van der Waals surface area contributed by atoms with Gasteiger partial charge in [0.1, 0.15) is 0 Å². The van der Waals surface area contributed by atoms with Gasteiger partial charge in [-0.15, -0.1) is 0 Å². The van der Waals surface area contributed by atoms with Gasteiger partial charge in [-0.3, -0.25) is 0 Å². The minimum atomic E-state index is 0.761. The summed E-state index contributed by atoms with van der Waals surface area (Å²) in [7, 11) is 0. The lowest BCUT2D eigenvalue weighted by Crippen LogP contribution is -2.23. The molecular weight excluding hydrogens is 215 g/mol. The van der Waals surface area contributed by atoms with Crippen LogP contribution in [0.15, 0.2) is 0 Å². The van der Waals surface area contributed by atoms with Crippen molar-refractivity contribution in [2.75, 3.05) is 13.2 Å². The summed E-state index contributed by atoms with van der Waals surface area (Å²) in [5.74, 6) is 0.783. The standard InChI is InChI=1S/C6H11IO/c1-5-2-6(7)4-8-3-5/h5-6H,2-4H2,1H3. The lowest BCUT2D eigenvalue weighted by atomic mass is 10.1. The van der Waals surface area contributed by atoms with Gasteiger partial charge in [0.25, 0.3) is 0 Å². The summed E-state index contributed by atoms with van der Waals surface area (Å²) in [6, 6.07) is 0. The Hall–Kier alpha value is 0.690. The topological polar surface area (TPSA) is 9.23 Å². The van der Waals surface area contributed by atoms with E-state index in [1.807, 2.05) is 0 Å². The van der Waals surface area contributed by atoms with Crippen molar-refractivity contribution in [2.24, 2.45) is 5.92 Å². The Bertz CT molecular complexity index is 66.9. The molecule has 1 rings (SSSR count). The minimum Gasteiger partial charge on any atom is -0.380 e. The van der Waals surface area contributed by atoms with Crippen LogP contribution < -0.4 is 0 Å². The average Bonchev–Trinajstić information content (AvgIpc) is 1.64. The van der Waals surface area contributed by atoms with Gasteiger partial charge in [-0.1, -0.05) is 29.5 Å². The highest BCUT2D eigenvalue weighted by Gasteiger charge is 2.15. The average molecular weight is 226 g/mol. The minimum absolute atomic E-state index is 0.761. The molecule has 1 nitrogen and oxygen atoms in total. The molecule has 0 N–H and O–H groups in total. The number of halogens is 1. The number of alkyl halides is 1. The summed E-state index contributed by atoms with van der Waals surface area (Å²) < 4.78 is 6.05. The SMILES string of the molecule is CC1COCC(I)C1. The Kier molecular flexibility index (Phi) is 2.56. The van der Waals surface area contributed by atoms with Crippen LogP contribution in [0.3, 0.4) is 0 Å². The van der Waals surface area contributed by atoms with Crippen molar-refractivity contribution in [3.05, 3.63) is 0 Å². The first kappa shape index (κ1) is 6.81. The van der Waals surface area contributed by atoms with Gasteiger partial charge in [0.15, 0.2) is 0 Å². The molecular formula is C6H11IO. The highest BCUT2D eigenvalue weighted by Crippen LogP contribution is 2.19. The Balaban J connectivity index is 2.23. The molecule has 0 aromatic rings. The van der Waals surface area contributed by atoms with Crippen LogP contribution in [-0.4, -0.2) is 17.1 Å². The maximum absolute atomic E-state index is 5.29. The third kappa shape index (κ3) is 1.90. The third-order valence-electron chi connectivity index (χ3n) is 1.36. The van der Waals surface area contributed by atoms with Crippen LogP contribution in [0.5, 0.6) is 0 Å². The molecule has 0 saturated carbocycles. The largest absolute Gasteiger partial charge is 0.380 e. The van der Waals surface area contributed by atoms with Gasteiger partial charge >= 0.3 is 0 Å². The first-order chi connectivity index (χ1) is 3.79. The maximum Gasteiger partial charge on any atom is 0.0584 e. The molecule has 0 spiro atoms. The zero-order chi connectivity index (χ0) is 5.98. The summed E-state index contributed by atoms with van der Waals surface area (Å²) in [5, 5.41) is 0. The third-order valence-corrected chi connectivity index (χ3v) is 2.23. The van der Waals surface area contributed by atoms with E-state index in [9.17, 15) is 0 Å². The van der Waals surface area contributed by atoms with Crippen molar-refractivity contribution < 1.29 is 4.74 Å². The van der Waals surface area contributed by atoms with E-state index in [4.69, 9.17) is 4.74 Å². The molecule has 1 aliphatic heterocycles. The van der Waals surface area contributed by atoms with Crippen molar-refractivity contribution in [1.82, 2.24) is 0 Å². The van der Waals surface area contributed by atoms with Crippen LogP contribution in [0.1, 0.15) is 13.3 Å². The van der Waals surface area contributed by atoms with Crippen molar-refractivity contribution in [2.45, 2.75) is 17.3 Å². The van der Waals surface area contributed by atoms with Gasteiger partial charge in [0, 0.05) is 10.5 Å². The first-order valence-electron chi connectivity index (χ1n) is 3.01. The lowest BCUT2D eigenvalue weighted by molar-refractivity contribution is 0.0696. The molecule has 1 saturated heterocycles. The Labute approximate surface area is 63.9 Å². The predicted molar refractivity (Wildman–Crippen MR) is 42.4 cm³/mol. The van der Waals surface area contributed by atoms with Crippen molar-refractivity contribution in [3.63, 3.8) is 0 Å². The molecule has 0 radical (unpaired) electrons. The molecule has 2 unspecified atom stereocenters. The van der Waals surface area contributed by atoms with Crippen LogP contribution >= 0.6 is 22.6 Å². The van der Waals surface area contributed by atoms with Crippen LogP contribution in [0, 0.1) is 5.92 Å². The van der Waals surface area contributed by atoms with Crippen LogP contribution in [-0.2, 0) is 4.74 Å². The van der Waals surface area contributed by atoms with Gasteiger partial charge in [-0.2, -0.15) is 0 Å². The van der Waals surface area contributed by atoms with Crippen molar-refractivity contribution >= 4 is 22.6 Å². The van der Waals surface area contributed by atoms with E-state index in [0.717, 1.165) is 23.1 Å². The van der Waals surface area contributed by atoms with Gasteiger partial charge in [-0.25, -0.2) is 0 Å². The van der Waals surface area contributed by atoms with E-state index < -0.39 is 0 Å². The van der Waals surface area contributed by atoms with Gasteiger partial charge in [0.2, 0.25) is 0 Å². The fourth-order valence-electron chi connectivity index (χ4n) is 0.970. The van der Waals surface area contributed by atoms with E-state index in [0.29, 0.717) is 0 Å². The number of hydrogen-bond donors (Lipinski definition) is 0. The van der Waals surface area contributed by atoms with E-state index in [2.05, 4.69) is 29.5 Å². The first-order valence-corrected chi connectivity index (χ1v) is 4.25. The second kappa shape index (κ2) is 3.01. The molecule has 0 bridgehead atoms. The van der Waals surface area contributed by atoms with E-state index >= 15 is 0 Å². The van der Waals surface area contributed by atoms with Crippen LogP contribution in [0.2, 0.25) is 0 Å². The second-order valence-electron chi connectivity index (χ2n) is 2.48. The summed E-state index contributed by atoms with van der Waals surface area (Å²) in [4.78, 5) is 0. The van der Waals surface area contributed by atoms with Crippen LogP contribution in [0.25, 0.3) is 0 Å². The monoisotopic (exact) mass is 226 g/mol. The van der Waals surface area contributed by atoms with E-state index in [1.54, 1.807) is 0 Å². The van der Waals surface area contributed by atoms with Gasteiger partial charge < -0.3 is 4.74 Å². The Morgan fingerprint density at radius 3 is 2.62 bits per heavy atom. The fourth-order valence-corrected chi connectivity index (χ4v) is 2.09. The number of rotatable bonds is 0. The molecule has 1 heterocycles. The quantitative estimate of drug-likeness (QED) is 0.452. The highest BCUT2D eigenvalue weighted by atomic mass is 127. The number of hydrogen-bond acceptors (Lipinski definition) is 1. The van der Waals surface area contributed by atoms with Crippen LogP contribution in [0.4, 0.5) is 0 Å². The Morgan fingerprint density at radius 1 is 1.50 bits per heavy atom. The molecule has 0 amide bonds. The molecule has 48 valence electrons. The molecule has 2 atom stereocenters. The van der Waals surface area contributed by atoms with E-state index in [1.165, 1.54) is 6.42 Å². The predicted octanol–water partition coefficient (Wildman–Crippen LogP) is 1.85. The molecule has 0 aliphatic carbocycles. The zero-order valence-corrected chi connectivity index (χ0v) is 7.22. The summed E-state index contributed by atoms with van der Waals surface area (Å²) in [6.45, 7) is 4.18. The summed E-state index contributed by atoms with van der Waals surface area (Å²) in [5.41, 5.74) is 0. The van der Waals surface area contributed by atoms with E-state index in [-0.39, 0.29) is 0 Å². The lowest BCUT2D eigenvalue weighted by Gasteiger charge is -2.22. The summed E-state index contributed by atoms with van der Waals surface area (Å²) in [6.07, 6.45) is 1.33. The number of ether oxygens (including phenoxy) is 1. The summed E-state index contributed by atoms with van der Waals surface area (Å²) >= 11 is 2.45. The van der Waals surface area contributed by atoms with Crippen molar-refractivity contribution in [3.8, 4) is 0 Å². The second-order valence-corrected chi connectivity index (χ2v) is 4.24. The molecule has 8 heavy (non-hydrogen) atoms. The zero-order valence-electron chi connectivity index (χ0n) is 5.06. The Morgan fingerprint density at radius 2 is 2.25 bits per heavy atom. The molecule has 0 aromatic carbocycles. The van der Waals surface area contributed by atoms with Gasteiger partial charge in [0.05, 0.1) is 6.61 Å². The highest BCUT2D eigenvalue weighted by molar-refractivity contribution is 14.1. The fraction of sp³-hybridized carbons (Fsp3) is 1.00. The normalized spacial score (nSPS) is 39.8. The molecule has 2 heteroatoms. The molecule has 0 aromatic heterocycles. The molecule has 1 fully saturated rings.